The predicted molar refractivity (Wildman–Crippen MR) is 101 cm³/mol. The number of piperidine rings is 1. The molecular formula is C18H29N5OS. The molecule has 138 valence electrons. The fourth-order valence-corrected chi connectivity index (χ4v) is 3.99. The minimum Gasteiger partial charge on any atom is -0.352 e. The third kappa shape index (κ3) is 5.31. The molecule has 3 rings (SSSR count). The molecule has 0 radical (unpaired) electrons. The van der Waals surface area contributed by atoms with E-state index in [1.165, 1.54) is 44.1 Å². The van der Waals surface area contributed by atoms with Crippen LogP contribution in [0, 0.1) is 0 Å². The summed E-state index contributed by atoms with van der Waals surface area (Å²) in [5.41, 5.74) is 0. The third-order valence-corrected chi connectivity index (χ3v) is 5.86. The van der Waals surface area contributed by atoms with Crippen LogP contribution in [0.2, 0.25) is 0 Å². The average Bonchev–Trinajstić information content (AvgIpc) is 3.36. The van der Waals surface area contributed by atoms with Gasteiger partial charge in [0.05, 0.1) is 5.25 Å². The second-order valence-electron chi connectivity index (χ2n) is 6.99. The van der Waals surface area contributed by atoms with Crippen LogP contribution in [-0.4, -0.2) is 56.5 Å². The van der Waals surface area contributed by atoms with E-state index in [9.17, 15) is 4.79 Å². The van der Waals surface area contributed by atoms with Crippen molar-refractivity contribution in [2.24, 2.45) is 0 Å². The van der Waals surface area contributed by atoms with Crippen molar-refractivity contribution in [3.05, 3.63) is 18.5 Å². The van der Waals surface area contributed by atoms with Crippen LogP contribution in [0.15, 0.2) is 17.8 Å². The van der Waals surface area contributed by atoms with E-state index in [0.29, 0.717) is 12.6 Å². The molecule has 25 heavy (non-hydrogen) atoms. The van der Waals surface area contributed by atoms with Crippen LogP contribution >= 0.6 is 11.8 Å². The maximum atomic E-state index is 12.2. The van der Waals surface area contributed by atoms with Crippen LogP contribution in [0.4, 0.5) is 0 Å². The van der Waals surface area contributed by atoms with Crippen LogP contribution in [0.1, 0.15) is 44.9 Å². The molecule has 0 unspecified atom stereocenters. The summed E-state index contributed by atoms with van der Waals surface area (Å²) in [4.78, 5) is 14.7. The van der Waals surface area contributed by atoms with Crippen molar-refractivity contribution in [1.29, 1.82) is 0 Å². The van der Waals surface area contributed by atoms with Gasteiger partial charge >= 0.3 is 0 Å². The van der Waals surface area contributed by atoms with Gasteiger partial charge in [-0.15, -0.1) is 16.8 Å². The molecule has 7 heteroatoms. The van der Waals surface area contributed by atoms with Gasteiger partial charge in [-0.2, -0.15) is 0 Å². The molecule has 1 saturated carbocycles. The second kappa shape index (κ2) is 8.85. The van der Waals surface area contributed by atoms with Gasteiger partial charge in [0.1, 0.15) is 5.82 Å². The summed E-state index contributed by atoms with van der Waals surface area (Å²) in [6.45, 7) is 9.88. The van der Waals surface area contributed by atoms with Crippen molar-refractivity contribution in [2.75, 3.05) is 19.6 Å². The maximum Gasteiger partial charge on any atom is 0.233 e. The summed E-state index contributed by atoms with van der Waals surface area (Å²) in [7, 11) is 0. The summed E-state index contributed by atoms with van der Waals surface area (Å²) >= 11 is 1.49. The standard InChI is InChI=1S/C18H29N5OS/c1-3-10-23-16(9-13-22-11-5-4-6-12-22)20-21-18(23)25-14(2)17(24)19-15-7-8-15/h3,14-15H,1,4-13H2,2H3,(H,19,24)/t14-/m1/s1. The molecule has 1 saturated heterocycles. The Morgan fingerprint density at radius 1 is 1.36 bits per heavy atom. The van der Waals surface area contributed by atoms with E-state index in [2.05, 4.69) is 31.6 Å². The highest BCUT2D eigenvalue weighted by Gasteiger charge is 2.27. The molecular weight excluding hydrogens is 334 g/mol. The number of carbonyl (C=O) groups excluding carboxylic acids is 1. The van der Waals surface area contributed by atoms with Gasteiger partial charge in [0.25, 0.3) is 0 Å². The molecule has 6 nitrogen and oxygen atoms in total. The Balaban J connectivity index is 1.59. The number of hydrogen-bond acceptors (Lipinski definition) is 5. The Kier molecular flexibility index (Phi) is 6.53. The SMILES string of the molecule is C=CCn1c(CCN2CCCCC2)nnc1S[C@H](C)C(=O)NC1CC1. The van der Waals surface area contributed by atoms with Crippen molar-refractivity contribution in [1.82, 2.24) is 25.0 Å². The van der Waals surface area contributed by atoms with Gasteiger partial charge in [0.2, 0.25) is 5.91 Å². The Morgan fingerprint density at radius 2 is 2.12 bits per heavy atom. The number of amides is 1. The predicted octanol–water partition coefficient (Wildman–Crippen LogP) is 2.25. The third-order valence-electron chi connectivity index (χ3n) is 4.78. The van der Waals surface area contributed by atoms with Gasteiger partial charge in [0.15, 0.2) is 5.16 Å². The fourth-order valence-electron chi connectivity index (χ4n) is 3.10. The topological polar surface area (TPSA) is 63.1 Å². The van der Waals surface area contributed by atoms with E-state index in [-0.39, 0.29) is 11.2 Å². The van der Waals surface area contributed by atoms with Gasteiger partial charge < -0.3 is 14.8 Å². The number of likely N-dealkylation sites (tertiary alicyclic amines) is 1. The van der Waals surface area contributed by atoms with Crippen molar-refractivity contribution in [2.45, 2.75) is 68.4 Å². The van der Waals surface area contributed by atoms with Gasteiger partial charge in [0, 0.05) is 25.6 Å². The normalized spacial score (nSPS) is 19.6. The molecule has 1 amide bonds. The number of allylic oxidation sites excluding steroid dienone is 1. The van der Waals surface area contributed by atoms with Gasteiger partial charge in [-0.1, -0.05) is 24.3 Å². The van der Waals surface area contributed by atoms with Crippen LogP contribution < -0.4 is 5.32 Å². The number of thioether (sulfide) groups is 1. The van der Waals surface area contributed by atoms with Crippen molar-refractivity contribution in [3.63, 3.8) is 0 Å². The van der Waals surface area contributed by atoms with E-state index >= 15 is 0 Å². The highest BCUT2D eigenvalue weighted by atomic mass is 32.2. The van der Waals surface area contributed by atoms with Crippen LogP contribution in [0.5, 0.6) is 0 Å². The number of rotatable bonds is 9. The largest absolute Gasteiger partial charge is 0.352 e. The second-order valence-corrected chi connectivity index (χ2v) is 8.30. The molecule has 2 heterocycles. The average molecular weight is 364 g/mol. The molecule has 0 spiro atoms. The molecule has 1 aliphatic heterocycles. The Morgan fingerprint density at radius 3 is 2.80 bits per heavy atom. The molecule has 2 aliphatic rings. The lowest BCUT2D eigenvalue weighted by molar-refractivity contribution is -0.120. The zero-order chi connectivity index (χ0) is 17.6. The zero-order valence-electron chi connectivity index (χ0n) is 15.1. The first-order chi connectivity index (χ1) is 12.2. The molecule has 1 aliphatic carbocycles. The van der Waals surface area contributed by atoms with E-state index in [1.807, 2.05) is 13.0 Å². The van der Waals surface area contributed by atoms with Crippen molar-refractivity contribution < 1.29 is 4.79 Å². The summed E-state index contributed by atoms with van der Waals surface area (Å²) in [6.07, 6.45) is 8.93. The first-order valence-corrected chi connectivity index (χ1v) is 10.3. The number of nitrogens with zero attached hydrogens (tertiary/aromatic N) is 4. The summed E-state index contributed by atoms with van der Waals surface area (Å²) in [6, 6.07) is 0.390. The number of hydrogen-bond donors (Lipinski definition) is 1. The Hall–Kier alpha value is -1.34. The molecule has 1 aromatic rings. The van der Waals surface area contributed by atoms with E-state index in [4.69, 9.17) is 0 Å². The minimum absolute atomic E-state index is 0.0931. The number of nitrogens with one attached hydrogen (secondary N) is 1. The zero-order valence-corrected chi connectivity index (χ0v) is 15.9. The molecule has 0 aromatic carbocycles. The summed E-state index contributed by atoms with van der Waals surface area (Å²) in [5, 5.41) is 12.4. The highest BCUT2D eigenvalue weighted by molar-refractivity contribution is 8.00. The lowest BCUT2D eigenvalue weighted by atomic mass is 10.1. The Labute approximate surface area is 154 Å². The van der Waals surface area contributed by atoms with Crippen LogP contribution in [-0.2, 0) is 17.8 Å². The smallest absolute Gasteiger partial charge is 0.233 e. The van der Waals surface area contributed by atoms with Crippen LogP contribution in [0.3, 0.4) is 0 Å². The number of carbonyl (C=O) groups is 1. The first kappa shape index (κ1) is 18.5. The lowest BCUT2D eigenvalue weighted by Crippen LogP contribution is -2.32. The van der Waals surface area contributed by atoms with E-state index in [1.54, 1.807) is 0 Å². The summed E-state index contributed by atoms with van der Waals surface area (Å²) in [5.74, 6) is 1.08. The molecule has 1 atom stereocenters. The van der Waals surface area contributed by atoms with Crippen molar-refractivity contribution >= 4 is 17.7 Å². The van der Waals surface area contributed by atoms with Crippen molar-refractivity contribution in [3.8, 4) is 0 Å². The highest BCUT2D eigenvalue weighted by Crippen LogP contribution is 2.25. The molecule has 1 aromatic heterocycles. The van der Waals surface area contributed by atoms with Gasteiger partial charge in [-0.25, -0.2) is 0 Å². The molecule has 2 fully saturated rings. The van der Waals surface area contributed by atoms with E-state index < -0.39 is 0 Å². The molecule has 0 bridgehead atoms. The quantitative estimate of drug-likeness (QED) is 0.539. The van der Waals surface area contributed by atoms with Crippen LogP contribution in [0.25, 0.3) is 0 Å². The maximum absolute atomic E-state index is 12.2. The van der Waals surface area contributed by atoms with Gasteiger partial charge in [-0.05, 0) is 45.7 Å². The minimum atomic E-state index is -0.164. The summed E-state index contributed by atoms with van der Waals surface area (Å²) < 4.78 is 2.10. The Bertz CT molecular complexity index is 592. The fraction of sp³-hybridized carbons (Fsp3) is 0.722. The van der Waals surface area contributed by atoms with Gasteiger partial charge in [-0.3, -0.25) is 4.79 Å². The lowest BCUT2D eigenvalue weighted by Gasteiger charge is -2.26. The monoisotopic (exact) mass is 363 g/mol. The number of aromatic nitrogens is 3. The molecule has 1 N–H and O–H groups in total. The van der Waals surface area contributed by atoms with E-state index in [0.717, 1.165) is 36.8 Å². The first-order valence-electron chi connectivity index (χ1n) is 9.39.